The maximum absolute atomic E-state index is 5.58. The fourth-order valence-electron chi connectivity index (χ4n) is 3.76. The lowest BCUT2D eigenvalue weighted by molar-refractivity contribution is 0.0627. The molecule has 4 aliphatic rings. The largest absolute Gasteiger partial charge is 0.375 e. The van der Waals surface area contributed by atoms with Crippen molar-refractivity contribution in [3.05, 3.63) is 0 Å². The van der Waals surface area contributed by atoms with Crippen LogP contribution in [0, 0.1) is 23.7 Å². The molecule has 4 heterocycles. The molecule has 0 amide bonds. The minimum absolute atomic E-state index is 0.398. The van der Waals surface area contributed by atoms with Crippen molar-refractivity contribution in [2.75, 3.05) is 26.4 Å². The molecule has 4 nitrogen and oxygen atoms in total. The van der Waals surface area contributed by atoms with Gasteiger partial charge in [-0.3, -0.25) is 0 Å². The highest BCUT2D eigenvalue weighted by molar-refractivity contribution is 4.91. The number of hydrogen-bond donors (Lipinski definition) is 0. The molecule has 20 heavy (non-hydrogen) atoms. The molecule has 0 aliphatic carbocycles. The van der Waals surface area contributed by atoms with E-state index in [0.717, 1.165) is 26.4 Å². The van der Waals surface area contributed by atoms with Crippen LogP contribution in [0.25, 0.3) is 0 Å². The highest BCUT2D eigenvalue weighted by atomic mass is 16.6. The molecule has 4 aliphatic heterocycles. The van der Waals surface area contributed by atoms with Gasteiger partial charge in [0.1, 0.15) is 0 Å². The van der Waals surface area contributed by atoms with E-state index in [1.807, 2.05) is 0 Å². The Balaban J connectivity index is 0.000000121. The van der Waals surface area contributed by atoms with Gasteiger partial charge in [0.25, 0.3) is 0 Å². The van der Waals surface area contributed by atoms with Crippen LogP contribution in [0.1, 0.15) is 27.7 Å². The van der Waals surface area contributed by atoms with Gasteiger partial charge in [-0.1, -0.05) is 27.7 Å². The summed E-state index contributed by atoms with van der Waals surface area (Å²) in [7, 11) is 0. The summed E-state index contributed by atoms with van der Waals surface area (Å²) >= 11 is 0. The molecule has 0 N–H and O–H groups in total. The van der Waals surface area contributed by atoms with E-state index >= 15 is 0 Å². The van der Waals surface area contributed by atoms with Crippen LogP contribution in [0.15, 0.2) is 0 Å². The van der Waals surface area contributed by atoms with E-state index in [0.29, 0.717) is 48.1 Å². The lowest BCUT2D eigenvalue weighted by Gasteiger charge is -2.10. The zero-order valence-electron chi connectivity index (χ0n) is 13.1. The molecule has 116 valence electrons. The monoisotopic (exact) mass is 284 g/mol. The summed E-state index contributed by atoms with van der Waals surface area (Å²) in [6, 6.07) is 0. The summed E-state index contributed by atoms with van der Waals surface area (Å²) in [4.78, 5) is 0. The maximum atomic E-state index is 5.58. The average molecular weight is 284 g/mol. The molecule has 0 radical (unpaired) electrons. The topological polar surface area (TPSA) is 36.9 Å². The summed E-state index contributed by atoms with van der Waals surface area (Å²) in [6.07, 6.45) is 1.59. The molecule has 4 heteroatoms. The summed E-state index contributed by atoms with van der Waals surface area (Å²) in [6.45, 7) is 12.3. The van der Waals surface area contributed by atoms with Crippen LogP contribution in [0.2, 0.25) is 0 Å². The van der Waals surface area contributed by atoms with Crippen molar-refractivity contribution in [3.8, 4) is 0 Å². The number of hydrogen-bond acceptors (Lipinski definition) is 4. The molecule has 0 aromatic heterocycles. The molecule has 8 atom stereocenters. The lowest BCUT2D eigenvalue weighted by Crippen LogP contribution is -2.23. The molecule has 4 saturated heterocycles. The first-order valence-electron chi connectivity index (χ1n) is 8.04. The summed E-state index contributed by atoms with van der Waals surface area (Å²) < 4.78 is 22.3. The summed E-state index contributed by atoms with van der Waals surface area (Å²) in [5.74, 6) is 2.43. The second-order valence-corrected chi connectivity index (χ2v) is 7.10. The van der Waals surface area contributed by atoms with E-state index in [-0.39, 0.29) is 0 Å². The maximum Gasteiger partial charge on any atom is 0.0887 e. The highest BCUT2D eigenvalue weighted by Crippen LogP contribution is 2.34. The molecular formula is C16H28O4. The van der Waals surface area contributed by atoms with Gasteiger partial charge in [-0.2, -0.15) is 0 Å². The fourth-order valence-corrected chi connectivity index (χ4v) is 3.76. The van der Waals surface area contributed by atoms with E-state index in [1.165, 1.54) is 0 Å². The zero-order valence-corrected chi connectivity index (χ0v) is 13.1. The molecule has 4 rings (SSSR count). The zero-order chi connectivity index (χ0) is 14.3. The van der Waals surface area contributed by atoms with Gasteiger partial charge in [-0.25, -0.2) is 0 Å². The molecule has 0 aromatic rings. The van der Waals surface area contributed by atoms with Crippen molar-refractivity contribution in [2.24, 2.45) is 23.7 Å². The van der Waals surface area contributed by atoms with Crippen LogP contribution in [0.3, 0.4) is 0 Å². The third kappa shape index (κ3) is 2.63. The smallest absolute Gasteiger partial charge is 0.0887 e. The number of ether oxygens (including phenoxy) is 4. The van der Waals surface area contributed by atoms with Gasteiger partial charge >= 0.3 is 0 Å². The standard InChI is InChI=1S/2C8H14O2/c2*1-5-3-9-8-6(2)4-10-7(5)8/h2*5-8H,3-4H2,1-2H3/t5-,6+,7-,8-;5-,6-,7-,8-/m11/s1. The normalized spacial score (nSPS) is 53.4. The molecular weight excluding hydrogens is 256 g/mol. The second-order valence-electron chi connectivity index (χ2n) is 7.10. The highest BCUT2D eigenvalue weighted by Gasteiger charge is 2.44. The third-order valence-electron chi connectivity index (χ3n) is 5.10. The van der Waals surface area contributed by atoms with Gasteiger partial charge in [0.15, 0.2) is 0 Å². The van der Waals surface area contributed by atoms with Crippen molar-refractivity contribution >= 4 is 0 Å². The van der Waals surface area contributed by atoms with E-state index in [1.54, 1.807) is 0 Å². The first kappa shape index (κ1) is 14.8. The minimum atomic E-state index is 0.398. The van der Waals surface area contributed by atoms with Crippen LogP contribution < -0.4 is 0 Å². The quantitative estimate of drug-likeness (QED) is 0.683. The Labute approximate surface area is 122 Å². The molecule has 0 aromatic carbocycles. The Morgan fingerprint density at radius 3 is 0.850 bits per heavy atom. The Morgan fingerprint density at radius 1 is 0.450 bits per heavy atom. The minimum Gasteiger partial charge on any atom is -0.375 e. The van der Waals surface area contributed by atoms with Gasteiger partial charge in [-0.15, -0.1) is 0 Å². The van der Waals surface area contributed by atoms with E-state index < -0.39 is 0 Å². The van der Waals surface area contributed by atoms with Crippen molar-refractivity contribution < 1.29 is 18.9 Å². The first-order valence-corrected chi connectivity index (χ1v) is 8.04. The average Bonchev–Trinajstić information content (AvgIpc) is 3.13. The predicted octanol–water partition coefficient (Wildman–Crippen LogP) is 2.11. The van der Waals surface area contributed by atoms with Crippen LogP contribution in [0.5, 0.6) is 0 Å². The lowest BCUT2D eigenvalue weighted by atomic mass is 9.99. The van der Waals surface area contributed by atoms with Crippen LogP contribution in [-0.2, 0) is 18.9 Å². The van der Waals surface area contributed by atoms with E-state index in [4.69, 9.17) is 18.9 Å². The van der Waals surface area contributed by atoms with Crippen molar-refractivity contribution in [2.45, 2.75) is 52.1 Å². The van der Waals surface area contributed by atoms with Crippen molar-refractivity contribution in [1.29, 1.82) is 0 Å². The Bertz CT molecular complexity index is 270. The predicted molar refractivity (Wildman–Crippen MR) is 75.6 cm³/mol. The van der Waals surface area contributed by atoms with E-state index in [9.17, 15) is 0 Å². The van der Waals surface area contributed by atoms with Gasteiger partial charge in [0.2, 0.25) is 0 Å². The van der Waals surface area contributed by atoms with Gasteiger partial charge in [-0.05, 0) is 0 Å². The molecule has 0 bridgehead atoms. The number of fused-ring (bicyclic) bond motifs is 2. The third-order valence-corrected chi connectivity index (χ3v) is 5.10. The first-order chi connectivity index (χ1) is 9.58. The van der Waals surface area contributed by atoms with Gasteiger partial charge < -0.3 is 18.9 Å². The van der Waals surface area contributed by atoms with Crippen molar-refractivity contribution in [3.63, 3.8) is 0 Å². The van der Waals surface area contributed by atoms with Crippen LogP contribution >= 0.6 is 0 Å². The Hall–Kier alpha value is -0.160. The van der Waals surface area contributed by atoms with Crippen LogP contribution in [0.4, 0.5) is 0 Å². The Morgan fingerprint density at radius 2 is 0.650 bits per heavy atom. The Kier molecular flexibility index (Phi) is 4.37. The number of rotatable bonds is 0. The second kappa shape index (κ2) is 5.91. The summed E-state index contributed by atoms with van der Waals surface area (Å²) in [5.41, 5.74) is 0. The SMILES string of the molecule is C[C@@H]1CO[C@H]2[C@@H]1OC[C@@H]2C.C[C@@H]1CO[C@H]2[C@@H]1OC[C@H]2C. The fraction of sp³-hybridized carbons (Fsp3) is 1.00. The molecule has 0 unspecified atom stereocenters. The summed E-state index contributed by atoms with van der Waals surface area (Å²) in [5, 5.41) is 0. The molecule has 4 fully saturated rings. The van der Waals surface area contributed by atoms with Gasteiger partial charge in [0, 0.05) is 23.7 Å². The van der Waals surface area contributed by atoms with Crippen LogP contribution in [-0.4, -0.2) is 50.8 Å². The van der Waals surface area contributed by atoms with Gasteiger partial charge in [0.05, 0.1) is 50.8 Å². The van der Waals surface area contributed by atoms with Crippen molar-refractivity contribution in [1.82, 2.24) is 0 Å². The van der Waals surface area contributed by atoms with E-state index in [2.05, 4.69) is 27.7 Å². The molecule has 0 saturated carbocycles. The molecule has 0 spiro atoms.